The lowest BCUT2D eigenvalue weighted by atomic mass is 10.2. The number of sulfonamides is 1. The Labute approximate surface area is 191 Å². The Morgan fingerprint density at radius 2 is 1.75 bits per heavy atom. The number of hydrogen-bond acceptors (Lipinski definition) is 5. The summed E-state index contributed by atoms with van der Waals surface area (Å²) in [5, 5.41) is 5.69. The molecule has 0 fully saturated rings. The number of aryl methyl sites for hydroxylation is 1. The molecule has 0 radical (unpaired) electrons. The Balaban J connectivity index is 1.87. The number of nitrogens with one attached hydrogen (secondary N) is 2. The highest BCUT2D eigenvalue weighted by Gasteiger charge is 2.25. The number of aromatic nitrogens is 1. The van der Waals surface area contributed by atoms with Gasteiger partial charge in [-0.25, -0.2) is 8.42 Å². The van der Waals surface area contributed by atoms with Crippen LogP contribution in [0.15, 0.2) is 58.2 Å². The summed E-state index contributed by atoms with van der Waals surface area (Å²) in [6, 6.07) is 8.98. The number of rotatable bonds is 8. The van der Waals surface area contributed by atoms with Gasteiger partial charge in [-0.3, -0.25) is 9.59 Å². The van der Waals surface area contributed by atoms with Crippen LogP contribution in [0.1, 0.15) is 34.9 Å². The largest absolute Gasteiger partial charge is 0.459 e. The van der Waals surface area contributed by atoms with Crippen molar-refractivity contribution < 1.29 is 22.4 Å². The lowest BCUT2D eigenvalue weighted by molar-refractivity contribution is 0.0992. The van der Waals surface area contributed by atoms with E-state index in [9.17, 15) is 18.0 Å². The predicted molar refractivity (Wildman–Crippen MR) is 122 cm³/mol. The molecule has 2 N–H and O–H groups in total. The average molecular weight is 479 g/mol. The third kappa shape index (κ3) is 4.87. The van der Waals surface area contributed by atoms with Crippen molar-refractivity contribution in [2.24, 2.45) is 7.05 Å². The van der Waals surface area contributed by atoms with Crippen LogP contribution in [0.5, 0.6) is 0 Å². The van der Waals surface area contributed by atoms with Gasteiger partial charge in [-0.1, -0.05) is 25.4 Å². The van der Waals surface area contributed by atoms with Crippen LogP contribution in [-0.2, 0) is 17.1 Å². The molecule has 0 saturated heterocycles. The molecule has 1 aromatic carbocycles. The first kappa shape index (κ1) is 23.6. The number of benzene rings is 1. The molecule has 0 atom stereocenters. The molecule has 0 spiro atoms. The highest BCUT2D eigenvalue weighted by molar-refractivity contribution is 7.89. The van der Waals surface area contributed by atoms with Gasteiger partial charge in [0, 0.05) is 31.4 Å². The number of furan rings is 1. The van der Waals surface area contributed by atoms with Gasteiger partial charge >= 0.3 is 0 Å². The molecular formula is C21H23ClN4O5S. The molecule has 9 nitrogen and oxygen atoms in total. The molecule has 32 heavy (non-hydrogen) atoms. The fourth-order valence-electron chi connectivity index (χ4n) is 3.12. The van der Waals surface area contributed by atoms with Crippen molar-refractivity contribution in [3.05, 3.63) is 65.3 Å². The maximum absolute atomic E-state index is 12.9. The summed E-state index contributed by atoms with van der Waals surface area (Å²) >= 11 is 6.05. The smallest absolute Gasteiger partial charge is 0.291 e. The number of carbonyl (C=O) groups is 2. The minimum atomic E-state index is -3.72. The van der Waals surface area contributed by atoms with Gasteiger partial charge in [0.05, 0.1) is 17.6 Å². The molecule has 2 aromatic heterocycles. The summed E-state index contributed by atoms with van der Waals surface area (Å²) in [4.78, 5) is 25.3. The van der Waals surface area contributed by atoms with Crippen LogP contribution in [0.3, 0.4) is 0 Å². The van der Waals surface area contributed by atoms with E-state index in [4.69, 9.17) is 16.0 Å². The van der Waals surface area contributed by atoms with E-state index in [0.29, 0.717) is 18.1 Å². The van der Waals surface area contributed by atoms with Crippen molar-refractivity contribution in [3.8, 4) is 0 Å². The van der Waals surface area contributed by atoms with Gasteiger partial charge in [-0.05, 0) is 36.4 Å². The Bertz CT molecular complexity index is 1230. The highest BCUT2D eigenvalue weighted by atomic mass is 35.5. The fourth-order valence-corrected chi connectivity index (χ4v) is 4.82. The van der Waals surface area contributed by atoms with Crippen LogP contribution >= 0.6 is 11.6 Å². The van der Waals surface area contributed by atoms with E-state index in [1.807, 2.05) is 0 Å². The molecule has 0 aliphatic heterocycles. The molecule has 170 valence electrons. The highest BCUT2D eigenvalue weighted by Crippen LogP contribution is 2.27. The minimum absolute atomic E-state index is 0.0244. The van der Waals surface area contributed by atoms with E-state index < -0.39 is 21.8 Å². The Morgan fingerprint density at radius 1 is 1.06 bits per heavy atom. The summed E-state index contributed by atoms with van der Waals surface area (Å²) in [6.45, 7) is 4.13. The fraction of sp³-hybridized carbons (Fsp3) is 0.238. The van der Waals surface area contributed by atoms with Crippen molar-refractivity contribution in [3.63, 3.8) is 0 Å². The second kappa shape index (κ2) is 9.60. The van der Waals surface area contributed by atoms with Gasteiger partial charge in [0.2, 0.25) is 10.0 Å². The molecule has 11 heteroatoms. The summed E-state index contributed by atoms with van der Waals surface area (Å²) in [7, 11) is -2.14. The standard InChI is InChI=1S/C21H23ClN4O5S/c1-4-26(5-2)32(29,30)15-12-18(25(3)13-15)20(27)23-16-9-8-14(22)11-17(16)24-21(28)19-7-6-10-31-19/h6-13H,4-5H2,1-3H3,(H,23,27)(H,24,28). The quantitative estimate of drug-likeness (QED) is 0.511. The van der Waals surface area contributed by atoms with Crippen molar-refractivity contribution in [1.29, 1.82) is 0 Å². The number of anilines is 2. The van der Waals surface area contributed by atoms with Crippen molar-refractivity contribution in [2.75, 3.05) is 23.7 Å². The van der Waals surface area contributed by atoms with Crippen molar-refractivity contribution >= 4 is 44.8 Å². The van der Waals surface area contributed by atoms with Crippen LogP contribution in [-0.4, -0.2) is 42.2 Å². The van der Waals surface area contributed by atoms with E-state index >= 15 is 0 Å². The minimum Gasteiger partial charge on any atom is -0.459 e. The molecule has 0 saturated carbocycles. The molecule has 3 rings (SSSR count). The van der Waals surface area contributed by atoms with Crippen LogP contribution in [0, 0.1) is 0 Å². The predicted octanol–water partition coefficient (Wildman–Crippen LogP) is 3.81. The van der Waals surface area contributed by atoms with E-state index in [2.05, 4.69) is 10.6 Å². The summed E-state index contributed by atoms with van der Waals surface area (Å²) in [5.41, 5.74) is 0.681. The van der Waals surface area contributed by atoms with Crippen LogP contribution in [0.4, 0.5) is 11.4 Å². The zero-order valence-electron chi connectivity index (χ0n) is 17.8. The maximum atomic E-state index is 12.9. The molecule has 2 heterocycles. The van der Waals surface area contributed by atoms with Gasteiger partial charge in [0.1, 0.15) is 10.6 Å². The Kier molecular flexibility index (Phi) is 7.07. The van der Waals surface area contributed by atoms with Gasteiger partial charge in [0.15, 0.2) is 5.76 Å². The van der Waals surface area contributed by atoms with Gasteiger partial charge in [-0.2, -0.15) is 4.31 Å². The molecule has 0 aliphatic rings. The second-order valence-corrected chi connectivity index (χ2v) is 9.21. The Hall–Kier alpha value is -3.08. The number of halogens is 1. The van der Waals surface area contributed by atoms with Gasteiger partial charge < -0.3 is 19.6 Å². The zero-order valence-corrected chi connectivity index (χ0v) is 19.3. The topological polar surface area (TPSA) is 114 Å². The zero-order chi connectivity index (χ0) is 23.5. The van der Waals surface area contributed by atoms with Gasteiger partial charge in [0.25, 0.3) is 11.8 Å². The van der Waals surface area contributed by atoms with Crippen molar-refractivity contribution in [1.82, 2.24) is 8.87 Å². The maximum Gasteiger partial charge on any atom is 0.291 e. The van der Waals surface area contributed by atoms with Crippen molar-refractivity contribution in [2.45, 2.75) is 18.7 Å². The molecule has 0 aliphatic carbocycles. The number of hydrogen-bond donors (Lipinski definition) is 2. The normalized spacial score (nSPS) is 11.5. The SMILES string of the molecule is CCN(CC)S(=O)(=O)c1cc(C(=O)Nc2ccc(Cl)cc2NC(=O)c2ccco2)n(C)c1. The molecule has 3 aromatic rings. The molecule has 0 bridgehead atoms. The average Bonchev–Trinajstić information content (AvgIpc) is 3.41. The van der Waals surface area contributed by atoms with Crippen LogP contribution in [0.2, 0.25) is 5.02 Å². The van der Waals surface area contributed by atoms with Crippen LogP contribution < -0.4 is 10.6 Å². The Morgan fingerprint density at radius 3 is 2.38 bits per heavy atom. The first-order valence-electron chi connectivity index (χ1n) is 9.79. The summed E-state index contributed by atoms with van der Waals surface area (Å²) < 4.78 is 33.4. The first-order chi connectivity index (χ1) is 15.2. The number of carbonyl (C=O) groups excluding carboxylic acids is 2. The van der Waals surface area contributed by atoms with Crippen LogP contribution in [0.25, 0.3) is 0 Å². The third-order valence-corrected chi connectivity index (χ3v) is 7.03. The molecular weight excluding hydrogens is 456 g/mol. The van der Waals surface area contributed by atoms with E-state index in [1.54, 1.807) is 33.0 Å². The number of nitrogens with zero attached hydrogens (tertiary/aromatic N) is 2. The van der Waals surface area contributed by atoms with Gasteiger partial charge in [-0.15, -0.1) is 0 Å². The van der Waals surface area contributed by atoms with E-state index in [0.717, 1.165) is 0 Å². The van der Waals surface area contributed by atoms with E-state index in [1.165, 1.54) is 45.6 Å². The molecule has 0 unspecified atom stereocenters. The summed E-state index contributed by atoms with van der Waals surface area (Å²) in [6.07, 6.45) is 2.76. The molecule has 2 amide bonds. The van der Waals surface area contributed by atoms with E-state index in [-0.39, 0.29) is 27.7 Å². The monoisotopic (exact) mass is 478 g/mol. The lowest BCUT2D eigenvalue weighted by Crippen LogP contribution is -2.30. The number of amides is 2. The first-order valence-corrected chi connectivity index (χ1v) is 11.6. The third-order valence-electron chi connectivity index (χ3n) is 4.78. The second-order valence-electron chi connectivity index (χ2n) is 6.84. The lowest BCUT2D eigenvalue weighted by Gasteiger charge is -2.17. The summed E-state index contributed by atoms with van der Waals surface area (Å²) in [5.74, 6) is -0.973.